The third kappa shape index (κ3) is 5.74. The van der Waals surface area contributed by atoms with E-state index in [0.717, 1.165) is 8.78 Å². The number of hydrogen-bond acceptors (Lipinski definition) is 4. The average molecular weight is 379 g/mol. The maximum atomic E-state index is 12.3. The summed E-state index contributed by atoms with van der Waals surface area (Å²) in [7, 11) is -0.694. The second-order valence-electron chi connectivity index (χ2n) is 4.41. The minimum atomic E-state index is -3.66. The summed E-state index contributed by atoms with van der Waals surface area (Å²) in [6.45, 7) is 0.789. The monoisotopic (exact) mass is 378 g/mol. The molecule has 1 aromatic carbocycles. The normalized spacial score (nSPS) is 11.6. The van der Waals surface area contributed by atoms with Gasteiger partial charge in [-0.1, -0.05) is 15.9 Å². The molecule has 0 aliphatic carbocycles. The first kappa shape index (κ1) is 18.1. The maximum Gasteiger partial charge on any atom is 0.243 e. The first-order valence-electron chi connectivity index (χ1n) is 6.35. The Kier molecular flexibility index (Phi) is 7.30. The van der Waals surface area contributed by atoms with Gasteiger partial charge in [-0.15, -0.1) is 0 Å². The number of nitrogens with zero attached hydrogens (tertiary/aromatic N) is 1. The van der Waals surface area contributed by atoms with E-state index >= 15 is 0 Å². The zero-order chi connectivity index (χ0) is 15.9. The van der Waals surface area contributed by atoms with Crippen LogP contribution in [-0.4, -0.2) is 52.5 Å². The minimum Gasteiger partial charge on any atom is -0.385 e. The van der Waals surface area contributed by atoms with E-state index in [9.17, 15) is 13.2 Å². The van der Waals surface area contributed by atoms with Gasteiger partial charge >= 0.3 is 0 Å². The molecule has 0 aromatic heterocycles. The van der Waals surface area contributed by atoms with Crippen molar-refractivity contribution in [1.82, 2.24) is 9.62 Å². The quantitative estimate of drug-likeness (QED) is 0.690. The van der Waals surface area contributed by atoms with Crippen molar-refractivity contribution < 1.29 is 17.9 Å². The Morgan fingerprint density at radius 1 is 1.33 bits per heavy atom. The van der Waals surface area contributed by atoms with Crippen LogP contribution in [0.1, 0.15) is 6.42 Å². The summed E-state index contributed by atoms with van der Waals surface area (Å²) in [5.74, 6) is -0.339. The van der Waals surface area contributed by atoms with Gasteiger partial charge in [0.05, 0.1) is 11.4 Å². The molecule has 0 unspecified atom stereocenters. The second-order valence-corrected chi connectivity index (χ2v) is 7.37. The molecule has 21 heavy (non-hydrogen) atoms. The SMILES string of the molecule is COCCCNC(=O)CN(C)S(=O)(=O)c1ccc(Br)cc1. The highest BCUT2D eigenvalue weighted by Crippen LogP contribution is 2.17. The Labute approximate surface area is 133 Å². The summed E-state index contributed by atoms with van der Waals surface area (Å²) in [4.78, 5) is 11.8. The molecule has 8 heteroatoms. The average Bonchev–Trinajstić information content (AvgIpc) is 2.44. The molecule has 0 aliphatic heterocycles. The van der Waals surface area contributed by atoms with Gasteiger partial charge in [0.25, 0.3) is 0 Å². The number of amides is 1. The summed E-state index contributed by atoms with van der Waals surface area (Å²) in [6.07, 6.45) is 0.686. The summed E-state index contributed by atoms with van der Waals surface area (Å²) in [5, 5.41) is 2.65. The molecular formula is C13H19BrN2O4S. The Morgan fingerprint density at radius 3 is 2.52 bits per heavy atom. The van der Waals surface area contributed by atoms with Crippen molar-refractivity contribution in [2.24, 2.45) is 0 Å². The molecule has 0 heterocycles. The molecule has 0 atom stereocenters. The van der Waals surface area contributed by atoms with E-state index in [4.69, 9.17) is 4.74 Å². The van der Waals surface area contributed by atoms with Crippen molar-refractivity contribution in [1.29, 1.82) is 0 Å². The number of likely N-dealkylation sites (N-methyl/N-ethyl adjacent to an activating group) is 1. The molecule has 0 saturated heterocycles. The van der Waals surface area contributed by atoms with Gasteiger partial charge in [-0.3, -0.25) is 4.79 Å². The van der Waals surface area contributed by atoms with Crippen LogP contribution in [0.2, 0.25) is 0 Å². The molecule has 1 rings (SSSR count). The Balaban J connectivity index is 2.59. The number of nitrogens with one attached hydrogen (secondary N) is 1. The van der Waals surface area contributed by atoms with Crippen LogP contribution in [0.4, 0.5) is 0 Å². The zero-order valence-corrected chi connectivity index (χ0v) is 14.4. The summed E-state index contributed by atoms with van der Waals surface area (Å²) < 4.78 is 31.2. The summed E-state index contributed by atoms with van der Waals surface area (Å²) in [6, 6.07) is 6.27. The lowest BCUT2D eigenvalue weighted by atomic mass is 10.4. The van der Waals surface area contributed by atoms with Crippen molar-refractivity contribution in [2.45, 2.75) is 11.3 Å². The van der Waals surface area contributed by atoms with Gasteiger partial charge in [-0.05, 0) is 30.7 Å². The number of carbonyl (C=O) groups is 1. The van der Waals surface area contributed by atoms with Crippen LogP contribution in [0.3, 0.4) is 0 Å². The predicted octanol–water partition coefficient (Wildman–Crippen LogP) is 1.22. The number of sulfonamides is 1. The fraction of sp³-hybridized carbons (Fsp3) is 0.462. The number of ether oxygens (including phenoxy) is 1. The number of rotatable bonds is 8. The topological polar surface area (TPSA) is 75.7 Å². The molecule has 1 aromatic rings. The van der Waals surface area contributed by atoms with Gasteiger partial charge in [-0.2, -0.15) is 4.31 Å². The lowest BCUT2D eigenvalue weighted by Crippen LogP contribution is -2.38. The van der Waals surface area contributed by atoms with Gasteiger partial charge in [0.15, 0.2) is 0 Å². The highest BCUT2D eigenvalue weighted by Gasteiger charge is 2.22. The molecule has 0 saturated carbocycles. The van der Waals surface area contributed by atoms with E-state index in [1.807, 2.05) is 0 Å². The van der Waals surface area contributed by atoms with Crippen LogP contribution in [0, 0.1) is 0 Å². The maximum absolute atomic E-state index is 12.3. The highest BCUT2D eigenvalue weighted by atomic mass is 79.9. The van der Waals surface area contributed by atoms with Gasteiger partial charge in [-0.25, -0.2) is 8.42 Å². The van der Waals surface area contributed by atoms with Crippen LogP contribution in [0.5, 0.6) is 0 Å². The lowest BCUT2D eigenvalue weighted by Gasteiger charge is -2.17. The van der Waals surface area contributed by atoms with E-state index in [1.54, 1.807) is 19.2 Å². The molecule has 0 spiro atoms. The molecule has 0 aliphatic rings. The number of carbonyl (C=O) groups excluding carboxylic acids is 1. The van der Waals surface area contributed by atoms with Crippen LogP contribution in [0.15, 0.2) is 33.6 Å². The Hall–Kier alpha value is -0.960. The van der Waals surface area contributed by atoms with Crippen molar-refractivity contribution >= 4 is 31.9 Å². The second kappa shape index (κ2) is 8.47. The van der Waals surface area contributed by atoms with E-state index in [0.29, 0.717) is 19.6 Å². The molecule has 0 fully saturated rings. The number of halogens is 1. The van der Waals surface area contributed by atoms with E-state index in [1.165, 1.54) is 19.2 Å². The fourth-order valence-electron chi connectivity index (χ4n) is 1.57. The fourth-order valence-corrected chi connectivity index (χ4v) is 2.97. The lowest BCUT2D eigenvalue weighted by molar-refractivity contribution is -0.121. The van der Waals surface area contributed by atoms with Crippen molar-refractivity contribution in [3.05, 3.63) is 28.7 Å². The number of hydrogen-bond donors (Lipinski definition) is 1. The molecule has 118 valence electrons. The van der Waals surface area contributed by atoms with Gasteiger partial charge < -0.3 is 10.1 Å². The van der Waals surface area contributed by atoms with E-state index in [-0.39, 0.29) is 17.3 Å². The number of methoxy groups -OCH3 is 1. The first-order chi connectivity index (χ1) is 9.87. The van der Waals surface area contributed by atoms with Crippen molar-refractivity contribution in [2.75, 3.05) is 33.9 Å². The largest absolute Gasteiger partial charge is 0.385 e. The van der Waals surface area contributed by atoms with Crippen LogP contribution < -0.4 is 5.32 Å². The van der Waals surface area contributed by atoms with Crippen LogP contribution in [0.25, 0.3) is 0 Å². The summed E-state index contributed by atoms with van der Waals surface area (Å²) in [5.41, 5.74) is 0. The smallest absolute Gasteiger partial charge is 0.243 e. The third-order valence-corrected chi connectivity index (χ3v) is 5.08. The van der Waals surface area contributed by atoms with Gasteiger partial charge in [0.1, 0.15) is 0 Å². The Morgan fingerprint density at radius 2 is 1.95 bits per heavy atom. The standard InChI is InChI=1S/C13H19BrN2O4S/c1-16(10-13(17)15-8-3-9-20-2)21(18,19)12-6-4-11(14)5-7-12/h4-7H,3,8-10H2,1-2H3,(H,15,17). The molecule has 0 bridgehead atoms. The van der Waals surface area contributed by atoms with Crippen LogP contribution in [-0.2, 0) is 19.6 Å². The molecule has 0 radical (unpaired) electrons. The summed E-state index contributed by atoms with van der Waals surface area (Å²) >= 11 is 3.25. The van der Waals surface area contributed by atoms with Crippen molar-refractivity contribution in [3.63, 3.8) is 0 Å². The molecular weight excluding hydrogens is 360 g/mol. The number of benzene rings is 1. The molecule has 1 amide bonds. The van der Waals surface area contributed by atoms with Crippen LogP contribution >= 0.6 is 15.9 Å². The predicted molar refractivity (Wildman–Crippen MR) is 83.5 cm³/mol. The van der Waals surface area contributed by atoms with E-state index in [2.05, 4.69) is 21.2 Å². The van der Waals surface area contributed by atoms with Gasteiger partial charge in [0.2, 0.25) is 15.9 Å². The highest BCUT2D eigenvalue weighted by molar-refractivity contribution is 9.10. The van der Waals surface area contributed by atoms with E-state index < -0.39 is 10.0 Å². The minimum absolute atomic E-state index is 0.153. The Bertz CT molecular complexity index is 560. The molecule has 6 nitrogen and oxygen atoms in total. The third-order valence-electron chi connectivity index (χ3n) is 2.74. The van der Waals surface area contributed by atoms with Gasteiger partial charge in [0, 0.05) is 31.8 Å². The first-order valence-corrected chi connectivity index (χ1v) is 8.59. The molecule has 1 N–H and O–H groups in total. The zero-order valence-electron chi connectivity index (χ0n) is 12.0. The van der Waals surface area contributed by atoms with Crippen molar-refractivity contribution in [3.8, 4) is 0 Å².